The van der Waals surface area contributed by atoms with E-state index in [1.165, 1.54) is 0 Å². The van der Waals surface area contributed by atoms with Crippen LogP contribution in [0.25, 0.3) is 0 Å². The van der Waals surface area contributed by atoms with Crippen LogP contribution in [0.15, 0.2) is 0 Å². The Morgan fingerprint density at radius 2 is 1.00 bits per heavy atom. The molecule has 0 heterocycles. The molecule has 0 saturated carbocycles. The molecule has 0 aliphatic carbocycles. The van der Waals surface area contributed by atoms with Gasteiger partial charge in [0.05, 0.1) is 0 Å². The van der Waals surface area contributed by atoms with Crippen LogP contribution in [-0.2, 0) is 0 Å². The van der Waals surface area contributed by atoms with E-state index in [4.69, 9.17) is 19.2 Å². The van der Waals surface area contributed by atoms with E-state index < -0.39 is 9.05 Å². The van der Waals surface area contributed by atoms with Gasteiger partial charge in [0.25, 0.3) is 0 Å². The van der Waals surface area contributed by atoms with Crippen molar-refractivity contribution >= 4 is 74.7 Å². The SMILES string of the molecule is O[Si](O)(O)O.[BaH2].[F][AlH2]. The van der Waals surface area contributed by atoms with Crippen LogP contribution in [0.2, 0.25) is 0 Å². The Hall–Kier alpha value is 2.09. The van der Waals surface area contributed by atoms with Crippen molar-refractivity contribution in [3.63, 3.8) is 0 Å². The number of hydrogen-bond acceptors (Lipinski definition) is 4. The Labute approximate surface area is 95.8 Å². The molecule has 0 amide bonds. The minimum atomic E-state index is -4.61. The summed E-state index contributed by atoms with van der Waals surface area (Å²) in [5, 5.41) is 0. The molecular weight excluding hydrogens is 275 g/mol. The molecule has 0 aliphatic rings. The van der Waals surface area contributed by atoms with Crippen LogP contribution in [0.5, 0.6) is 0 Å². The number of rotatable bonds is 0. The molecule has 0 aromatic heterocycles. The molecule has 0 atom stereocenters. The van der Waals surface area contributed by atoms with Crippen molar-refractivity contribution in [2.24, 2.45) is 0 Å². The molecule has 0 unspecified atom stereocenters. The third kappa shape index (κ3) is 93.1. The molecule has 4 nitrogen and oxygen atoms in total. The standard InChI is InChI=1S/Al.Ba.FH.H4O4Si.4H/c;;;1-5(2,3)4;;;;/h;;1H;1-4H;;;;/q+1;;;;;;;/p-1. The number of halogens is 1. The van der Waals surface area contributed by atoms with Crippen LogP contribution in [0.4, 0.5) is 3.52 Å². The summed E-state index contributed by atoms with van der Waals surface area (Å²) in [6.07, 6.45) is 0. The third-order valence-corrected chi connectivity index (χ3v) is 0. The van der Waals surface area contributed by atoms with Crippen LogP contribution in [-0.4, -0.2) is 93.9 Å². The van der Waals surface area contributed by atoms with Gasteiger partial charge < -0.3 is 22.7 Å². The first-order valence-electron chi connectivity index (χ1n) is 1.27. The predicted octanol–water partition coefficient (Wildman–Crippen LogP) is -4.02. The summed E-state index contributed by atoms with van der Waals surface area (Å²) in [6, 6.07) is 0. The average Bonchev–Trinajstić information content (AvgIpc) is 1.36. The van der Waals surface area contributed by atoms with Gasteiger partial charge in [-0.1, -0.05) is 0 Å². The van der Waals surface area contributed by atoms with Crippen LogP contribution >= 0.6 is 0 Å². The second kappa shape index (κ2) is 9.09. The molecule has 0 saturated heterocycles. The van der Waals surface area contributed by atoms with Crippen molar-refractivity contribution in [3.8, 4) is 0 Å². The maximum absolute atomic E-state index is 9.64. The Morgan fingerprint density at radius 1 is 1.00 bits per heavy atom. The molecule has 0 radical (unpaired) electrons. The molecule has 0 aromatic rings. The molecule has 0 aromatic carbocycles. The quantitative estimate of drug-likeness (QED) is 0.342. The first kappa shape index (κ1) is 16.6. The third-order valence-electron chi connectivity index (χ3n) is 0. The van der Waals surface area contributed by atoms with E-state index in [0.717, 1.165) is 0 Å². The van der Waals surface area contributed by atoms with E-state index in [-0.39, 0.29) is 65.6 Å². The summed E-state index contributed by atoms with van der Waals surface area (Å²) in [5.74, 6) is 0. The van der Waals surface area contributed by atoms with Crippen molar-refractivity contribution in [2.75, 3.05) is 0 Å². The molecular formula is H8AlBaFO4Si. The Balaban J connectivity index is -0.0000000750. The fourth-order valence-electron chi connectivity index (χ4n) is 0. The van der Waals surface area contributed by atoms with Crippen molar-refractivity contribution in [3.05, 3.63) is 0 Å². The van der Waals surface area contributed by atoms with Gasteiger partial charge in [-0.25, -0.2) is 0 Å². The Bertz CT molecular complexity index is 31.5. The Kier molecular flexibility index (Phi) is 18.8. The maximum atomic E-state index is 9.64. The smallest absolute Gasteiger partial charge is 0.430 e. The molecule has 0 rings (SSSR count). The van der Waals surface area contributed by atoms with Gasteiger partial charge in [0.15, 0.2) is 0 Å². The predicted molar refractivity (Wildman–Crippen MR) is 32.8 cm³/mol. The molecule has 0 bridgehead atoms. The monoisotopic (exact) mass is 284 g/mol. The second-order valence-electron chi connectivity index (χ2n) is 0.600. The van der Waals surface area contributed by atoms with E-state index >= 15 is 0 Å². The van der Waals surface area contributed by atoms with Crippen molar-refractivity contribution in [2.45, 2.75) is 0 Å². The first-order valence-corrected chi connectivity index (χ1v) is 3.82. The molecule has 48 valence electrons. The van der Waals surface area contributed by atoms with Gasteiger partial charge in [-0.2, -0.15) is 0 Å². The molecule has 0 aliphatic heterocycles. The summed E-state index contributed by atoms with van der Waals surface area (Å²) in [4.78, 5) is 29.3. The zero-order valence-corrected chi connectivity index (χ0v) is 6.67. The topological polar surface area (TPSA) is 80.9 Å². The summed E-state index contributed by atoms with van der Waals surface area (Å²) in [6.45, 7) is 0. The van der Waals surface area contributed by atoms with Gasteiger partial charge in [0, 0.05) is 0 Å². The van der Waals surface area contributed by atoms with Crippen LogP contribution in [0, 0.1) is 0 Å². The molecule has 0 fully saturated rings. The average molecular weight is 283 g/mol. The van der Waals surface area contributed by atoms with Crippen molar-refractivity contribution in [1.82, 2.24) is 0 Å². The summed E-state index contributed by atoms with van der Waals surface area (Å²) >= 11 is -0.194. The molecule has 4 N–H and O–H groups in total. The van der Waals surface area contributed by atoms with E-state index in [1.54, 1.807) is 0 Å². The van der Waals surface area contributed by atoms with Crippen LogP contribution in [0.3, 0.4) is 0 Å². The van der Waals surface area contributed by atoms with Crippen LogP contribution in [0.1, 0.15) is 0 Å². The summed E-state index contributed by atoms with van der Waals surface area (Å²) < 4.78 is 9.64. The molecule has 8 heteroatoms. The van der Waals surface area contributed by atoms with Gasteiger partial charge in [-0.15, -0.1) is 0 Å². The van der Waals surface area contributed by atoms with E-state index in [9.17, 15) is 3.52 Å². The summed E-state index contributed by atoms with van der Waals surface area (Å²) in [5.41, 5.74) is 0. The number of hydrogen-bond donors (Lipinski definition) is 4. The van der Waals surface area contributed by atoms with Crippen molar-refractivity contribution < 1.29 is 22.7 Å². The van der Waals surface area contributed by atoms with Gasteiger partial charge >= 0.3 is 74.7 Å². The zero-order valence-electron chi connectivity index (χ0n) is 3.67. The summed E-state index contributed by atoms with van der Waals surface area (Å²) in [7, 11) is -4.61. The molecule has 8 heavy (non-hydrogen) atoms. The minimum absolute atomic E-state index is 0. The first-order chi connectivity index (χ1) is 3.00. The van der Waals surface area contributed by atoms with Gasteiger partial charge in [-0.3, -0.25) is 0 Å². The Morgan fingerprint density at radius 3 is 1.00 bits per heavy atom. The fraction of sp³-hybridized carbons (Fsp3) is 0. The van der Waals surface area contributed by atoms with E-state index in [1.807, 2.05) is 0 Å². The van der Waals surface area contributed by atoms with E-state index in [0.29, 0.717) is 0 Å². The normalized spacial score (nSPS) is 8.12. The van der Waals surface area contributed by atoms with Gasteiger partial charge in [-0.05, 0) is 0 Å². The van der Waals surface area contributed by atoms with Crippen molar-refractivity contribution in [1.29, 1.82) is 0 Å². The minimum Gasteiger partial charge on any atom is -0.430 e. The largest absolute Gasteiger partial charge is 0.472 e. The molecule has 0 spiro atoms. The second-order valence-corrected chi connectivity index (χ2v) is 1.80. The van der Waals surface area contributed by atoms with E-state index in [2.05, 4.69) is 0 Å². The zero-order chi connectivity index (χ0) is 6.50. The fourth-order valence-corrected chi connectivity index (χ4v) is 0. The maximum Gasteiger partial charge on any atom is 0.472 e. The van der Waals surface area contributed by atoms with Gasteiger partial charge in [0.2, 0.25) is 0 Å². The van der Waals surface area contributed by atoms with Gasteiger partial charge in [0.1, 0.15) is 0 Å². The van der Waals surface area contributed by atoms with Crippen LogP contribution < -0.4 is 0 Å².